The predicted molar refractivity (Wildman–Crippen MR) is 65.4 cm³/mol. The molecular weight excluding hydrogens is 234 g/mol. The molecule has 2 unspecified atom stereocenters. The first kappa shape index (κ1) is 12.9. The predicted octanol–water partition coefficient (Wildman–Crippen LogP) is 0.809. The van der Waals surface area contributed by atoms with E-state index < -0.39 is 5.97 Å². The number of rotatable bonds is 4. The fraction of sp³-hybridized carbons (Fsp3) is 0.462. The quantitative estimate of drug-likeness (QED) is 0.802. The van der Waals surface area contributed by atoms with Crippen LogP contribution in [0.1, 0.15) is 17.2 Å². The summed E-state index contributed by atoms with van der Waals surface area (Å²) in [6.45, 7) is -0.0917. The molecule has 0 radical (unpaired) electrons. The van der Waals surface area contributed by atoms with Crippen molar-refractivity contribution in [3.8, 4) is 5.75 Å². The van der Waals surface area contributed by atoms with Crippen LogP contribution >= 0.6 is 0 Å². The van der Waals surface area contributed by atoms with Gasteiger partial charge in [-0.1, -0.05) is 12.1 Å². The zero-order chi connectivity index (χ0) is 13.1. The molecule has 2 rings (SSSR count). The van der Waals surface area contributed by atoms with Crippen LogP contribution < -0.4 is 10.5 Å². The normalized spacial score (nSPS) is 21.5. The van der Waals surface area contributed by atoms with Gasteiger partial charge >= 0.3 is 5.97 Å². The minimum absolute atomic E-state index is 0.0917. The van der Waals surface area contributed by atoms with Gasteiger partial charge < -0.3 is 19.9 Å². The molecule has 0 fully saturated rings. The number of fused-ring (bicyclic) bond motifs is 1. The number of methoxy groups -OCH3 is 2. The summed E-state index contributed by atoms with van der Waals surface area (Å²) in [7, 11) is 2.96. The van der Waals surface area contributed by atoms with Gasteiger partial charge in [0.2, 0.25) is 0 Å². The Morgan fingerprint density at radius 2 is 2.22 bits per heavy atom. The molecular formula is C13H17NO4. The lowest BCUT2D eigenvalue weighted by atomic mass is 10.1. The molecule has 1 aromatic carbocycles. The average Bonchev–Trinajstić information content (AvgIpc) is 2.71. The molecule has 2 N–H and O–H groups in total. The highest BCUT2D eigenvalue weighted by molar-refractivity contribution is 5.70. The molecule has 0 aliphatic heterocycles. The second kappa shape index (κ2) is 5.37. The van der Waals surface area contributed by atoms with Gasteiger partial charge in [0, 0.05) is 11.6 Å². The standard InChI is InChI=1S/C13H17NO4/c1-16-11-5-3-4-8-9(11)6-10(14)13(8)18-7-12(15)17-2/h3-5,10,13H,6-7,14H2,1-2H3. The summed E-state index contributed by atoms with van der Waals surface area (Å²) < 4.78 is 15.4. The van der Waals surface area contributed by atoms with Gasteiger partial charge in [0.25, 0.3) is 0 Å². The molecule has 5 heteroatoms. The van der Waals surface area contributed by atoms with Gasteiger partial charge in [-0.05, 0) is 18.1 Å². The second-order valence-electron chi connectivity index (χ2n) is 4.20. The van der Waals surface area contributed by atoms with E-state index in [1.54, 1.807) is 7.11 Å². The number of nitrogens with two attached hydrogens (primary N) is 1. The molecule has 0 saturated carbocycles. The largest absolute Gasteiger partial charge is 0.496 e. The molecule has 0 aromatic heterocycles. The maximum absolute atomic E-state index is 11.1. The molecule has 0 spiro atoms. The first-order chi connectivity index (χ1) is 8.67. The summed E-state index contributed by atoms with van der Waals surface area (Å²) in [5.41, 5.74) is 8.10. The monoisotopic (exact) mass is 251 g/mol. The van der Waals surface area contributed by atoms with E-state index in [1.165, 1.54) is 7.11 Å². The van der Waals surface area contributed by atoms with Crippen LogP contribution in [0.4, 0.5) is 0 Å². The minimum Gasteiger partial charge on any atom is -0.496 e. The third kappa shape index (κ3) is 2.32. The van der Waals surface area contributed by atoms with Crippen LogP contribution in [0, 0.1) is 0 Å². The van der Waals surface area contributed by atoms with Crippen molar-refractivity contribution in [1.82, 2.24) is 0 Å². The molecule has 18 heavy (non-hydrogen) atoms. The van der Waals surface area contributed by atoms with Crippen LogP contribution in [0.3, 0.4) is 0 Å². The Labute approximate surface area is 106 Å². The fourth-order valence-electron chi connectivity index (χ4n) is 2.26. The van der Waals surface area contributed by atoms with Crippen LogP contribution in [0.5, 0.6) is 5.75 Å². The Kier molecular flexibility index (Phi) is 3.84. The maximum Gasteiger partial charge on any atom is 0.331 e. The van der Waals surface area contributed by atoms with Crippen molar-refractivity contribution in [2.45, 2.75) is 18.6 Å². The summed E-state index contributed by atoms with van der Waals surface area (Å²) in [5.74, 6) is 0.408. The Hall–Kier alpha value is -1.59. The highest BCUT2D eigenvalue weighted by Gasteiger charge is 2.33. The first-order valence-electron chi connectivity index (χ1n) is 5.77. The summed E-state index contributed by atoms with van der Waals surface area (Å²) in [5, 5.41) is 0. The Morgan fingerprint density at radius 3 is 2.89 bits per heavy atom. The molecule has 1 aromatic rings. The number of hydrogen-bond acceptors (Lipinski definition) is 5. The van der Waals surface area contributed by atoms with Crippen LogP contribution in [0.15, 0.2) is 18.2 Å². The third-order valence-electron chi connectivity index (χ3n) is 3.13. The number of benzene rings is 1. The van der Waals surface area contributed by atoms with Gasteiger partial charge in [0.1, 0.15) is 12.4 Å². The van der Waals surface area contributed by atoms with E-state index in [2.05, 4.69) is 4.74 Å². The summed E-state index contributed by atoms with van der Waals surface area (Å²) in [4.78, 5) is 11.1. The van der Waals surface area contributed by atoms with Crippen molar-refractivity contribution in [2.24, 2.45) is 5.73 Å². The van der Waals surface area contributed by atoms with Crippen molar-refractivity contribution >= 4 is 5.97 Å². The zero-order valence-corrected chi connectivity index (χ0v) is 10.5. The molecule has 5 nitrogen and oxygen atoms in total. The van der Waals surface area contributed by atoms with E-state index in [0.717, 1.165) is 16.9 Å². The smallest absolute Gasteiger partial charge is 0.331 e. The molecule has 0 heterocycles. The van der Waals surface area contributed by atoms with Gasteiger partial charge in [-0.25, -0.2) is 4.79 Å². The molecule has 1 aliphatic rings. The van der Waals surface area contributed by atoms with Crippen molar-refractivity contribution in [3.05, 3.63) is 29.3 Å². The van der Waals surface area contributed by atoms with Crippen LogP contribution in [-0.4, -0.2) is 32.8 Å². The van der Waals surface area contributed by atoms with E-state index >= 15 is 0 Å². The average molecular weight is 251 g/mol. The lowest BCUT2D eigenvalue weighted by molar-refractivity contribution is -0.148. The van der Waals surface area contributed by atoms with E-state index in [-0.39, 0.29) is 18.8 Å². The van der Waals surface area contributed by atoms with Crippen molar-refractivity contribution < 1.29 is 19.0 Å². The number of hydrogen-bond donors (Lipinski definition) is 1. The molecule has 0 amide bonds. The van der Waals surface area contributed by atoms with Gasteiger partial charge in [-0.15, -0.1) is 0 Å². The number of carbonyl (C=O) groups excluding carboxylic acids is 1. The second-order valence-corrected chi connectivity index (χ2v) is 4.20. The van der Waals surface area contributed by atoms with E-state index in [0.29, 0.717) is 6.42 Å². The molecule has 2 atom stereocenters. The van der Waals surface area contributed by atoms with E-state index in [4.69, 9.17) is 15.2 Å². The van der Waals surface area contributed by atoms with E-state index in [9.17, 15) is 4.79 Å². The number of ether oxygens (including phenoxy) is 3. The van der Waals surface area contributed by atoms with Gasteiger partial charge in [-0.2, -0.15) is 0 Å². The van der Waals surface area contributed by atoms with E-state index in [1.807, 2.05) is 18.2 Å². The zero-order valence-electron chi connectivity index (χ0n) is 10.5. The summed E-state index contributed by atoms with van der Waals surface area (Å²) in [6, 6.07) is 5.58. The van der Waals surface area contributed by atoms with Crippen molar-refractivity contribution in [1.29, 1.82) is 0 Å². The Balaban J connectivity index is 2.17. The van der Waals surface area contributed by atoms with Crippen LogP contribution in [0.25, 0.3) is 0 Å². The maximum atomic E-state index is 11.1. The molecule has 0 saturated heterocycles. The van der Waals surface area contributed by atoms with Gasteiger partial charge in [0.05, 0.1) is 20.3 Å². The highest BCUT2D eigenvalue weighted by Crippen LogP contribution is 2.38. The molecule has 1 aliphatic carbocycles. The van der Waals surface area contributed by atoms with Crippen LogP contribution in [-0.2, 0) is 20.7 Å². The fourth-order valence-corrected chi connectivity index (χ4v) is 2.26. The Morgan fingerprint density at radius 1 is 1.44 bits per heavy atom. The summed E-state index contributed by atoms with van der Waals surface area (Å²) >= 11 is 0. The topological polar surface area (TPSA) is 70.8 Å². The van der Waals surface area contributed by atoms with Crippen LogP contribution in [0.2, 0.25) is 0 Å². The number of esters is 1. The SMILES string of the molecule is COC(=O)COC1c2cccc(OC)c2CC1N. The lowest BCUT2D eigenvalue weighted by Crippen LogP contribution is -2.28. The number of carbonyl (C=O) groups is 1. The lowest BCUT2D eigenvalue weighted by Gasteiger charge is -2.16. The highest BCUT2D eigenvalue weighted by atomic mass is 16.6. The van der Waals surface area contributed by atoms with Gasteiger partial charge in [-0.3, -0.25) is 0 Å². The van der Waals surface area contributed by atoms with Crippen molar-refractivity contribution in [2.75, 3.05) is 20.8 Å². The molecule has 0 bridgehead atoms. The minimum atomic E-state index is -0.404. The summed E-state index contributed by atoms with van der Waals surface area (Å²) in [6.07, 6.45) is 0.403. The van der Waals surface area contributed by atoms with Gasteiger partial charge in [0.15, 0.2) is 0 Å². The third-order valence-corrected chi connectivity index (χ3v) is 3.13. The first-order valence-corrected chi connectivity index (χ1v) is 5.77. The van der Waals surface area contributed by atoms with Crippen molar-refractivity contribution in [3.63, 3.8) is 0 Å². The Bertz CT molecular complexity index is 447. The molecule has 98 valence electrons.